The molecule has 0 aliphatic heterocycles. The zero-order valence-corrected chi connectivity index (χ0v) is 43.1. The standard InChI is InChI=1S/C42H28N9O12S5.5Li/c1-23-34(22-43)39(44-27-11-15-30(16-12-27)65(52,53)54)47-40(45-28-13-17-31(18-14-28)66(55,56)57)37(23)49-51-42-46-38(26-10-9-24-5-2-3-6-25(24)19-26)41(64-42)50-48-29-20-33-32(36(21-29)68(61,62)63)7-4-8-35(33)67(58,59)60;;;;;/h2-3,5-21H,1H3,(H2,44,45,47)(H,52,53,54)(H,55,56,57)(H,58,59,60)(H,61,62,63);;;;;/q-1;5*+1/p-4. The van der Waals surface area contributed by atoms with Crippen LogP contribution >= 0.6 is 11.3 Å². The van der Waals surface area contributed by atoms with E-state index in [0.717, 1.165) is 70.6 Å². The van der Waals surface area contributed by atoms with Crippen LogP contribution in [0.4, 0.5) is 44.5 Å². The van der Waals surface area contributed by atoms with Crippen LogP contribution in [-0.4, -0.2) is 61.9 Å². The summed E-state index contributed by atoms with van der Waals surface area (Å²) >= 11 is 0.824. The van der Waals surface area contributed by atoms with Crippen molar-refractivity contribution in [2.75, 3.05) is 10.6 Å². The van der Waals surface area contributed by atoms with Gasteiger partial charge in [-0.05, 0) is 89.3 Å². The Morgan fingerprint density at radius 3 is 1.70 bits per heavy atom. The Kier molecular flexibility index (Phi) is 21.4. The first-order chi connectivity index (χ1) is 32.1. The topological polar surface area (TPSA) is 352 Å². The van der Waals surface area contributed by atoms with Gasteiger partial charge in [0.25, 0.3) is 0 Å². The van der Waals surface area contributed by atoms with Gasteiger partial charge in [-0.3, -0.25) is 8.42 Å². The third-order valence-electron chi connectivity index (χ3n) is 9.82. The molecule has 0 saturated heterocycles. The van der Waals surface area contributed by atoms with Crippen molar-refractivity contribution in [3.05, 3.63) is 132 Å². The third kappa shape index (κ3) is 14.5. The molecule has 0 atom stereocenters. The van der Waals surface area contributed by atoms with Gasteiger partial charge in [-0.15, -0.1) is 31.2 Å². The zero-order valence-electron chi connectivity index (χ0n) is 39.0. The van der Waals surface area contributed by atoms with Gasteiger partial charge in [0.15, 0.2) is 16.6 Å². The number of fused-ring (bicyclic) bond motifs is 2. The van der Waals surface area contributed by atoms with E-state index in [1.54, 1.807) is 12.1 Å². The van der Waals surface area contributed by atoms with Gasteiger partial charge in [0.05, 0.1) is 31.2 Å². The predicted molar refractivity (Wildman–Crippen MR) is 241 cm³/mol. The second-order valence-electron chi connectivity index (χ2n) is 14.2. The molecule has 0 spiro atoms. The Morgan fingerprint density at radius 1 is 0.589 bits per heavy atom. The smallest absolute Gasteiger partial charge is 0.754 e. The van der Waals surface area contributed by atoms with Gasteiger partial charge in [0.1, 0.15) is 47.8 Å². The molecule has 0 aliphatic carbocycles. The molecule has 0 aliphatic rings. The molecule has 6 aromatic carbocycles. The van der Waals surface area contributed by atoms with Crippen LogP contribution in [0.15, 0.2) is 155 Å². The maximum absolute atomic E-state index is 12.4. The van der Waals surface area contributed by atoms with E-state index >= 15 is 0 Å². The van der Waals surface area contributed by atoms with Crippen molar-refractivity contribution in [2.24, 2.45) is 20.5 Å². The number of nitriles is 1. The summed E-state index contributed by atoms with van der Waals surface area (Å²) in [7, 11) is -20.0. The molecule has 21 nitrogen and oxygen atoms in total. The van der Waals surface area contributed by atoms with Crippen LogP contribution in [0.3, 0.4) is 0 Å². The van der Waals surface area contributed by atoms with Crippen molar-refractivity contribution in [3.63, 3.8) is 0 Å². The summed E-state index contributed by atoms with van der Waals surface area (Å²) in [6.07, 6.45) is 0. The van der Waals surface area contributed by atoms with Crippen LogP contribution in [0.1, 0.15) is 11.1 Å². The van der Waals surface area contributed by atoms with Gasteiger partial charge in [-0.1, -0.05) is 47.7 Å². The zero-order chi connectivity index (χ0) is 48.8. The number of aromatic nitrogens is 2. The number of pyridine rings is 1. The van der Waals surface area contributed by atoms with E-state index in [9.17, 15) is 57.1 Å². The number of nitrogens with one attached hydrogen (secondary N) is 2. The van der Waals surface area contributed by atoms with Gasteiger partial charge in [-0.2, -0.15) is 23.5 Å². The van der Waals surface area contributed by atoms with Gasteiger partial charge in [0.2, 0.25) is 5.13 Å². The van der Waals surface area contributed by atoms with Crippen LogP contribution in [-0.2, 0) is 40.5 Å². The number of thiazole rings is 1. The Bertz CT molecular complexity index is 3960. The molecule has 2 aromatic heterocycles. The summed E-state index contributed by atoms with van der Waals surface area (Å²) in [4.78, 5) is 6.43. The maximum atomic E-state index is 12.4. The van der Waals surface area contributed by atoms with Crippen LogP contribution in [0.25, 0.3) is 32.8 Å². The minimum absolute atomic E-state index is 0. The maximum Gasteiger partial charge on any atom is 1.00 e. The van der Waals surface area contributed by atoms with Crippen molar-refractivity contribution in [1.82, 2.24) is 9.97 Å². The summed E-state index contributed by atoms with van der Waals surface area (Å²) < 4.78 is 143. The fraction of sp³-hybridized carbons (Fsp3) is 0.0238. The number of hydrogen-bond donors (Lipinski definition) is 2. The van der Waals surface area contributed by atoms with E-state index in [1.165, 1.54) is 31.2 Å². The molecular weight excluding hydrogens is 1020 g/mol. The Balaban J connectivity index is 0.00000281. The normalized spacial score (nSPS) is 11.7. The minimum atomic E-state index is -5.27. The van der Waals surface area contributed by atoms with E-state index in [1.807, 2.05) is 36.4 Å². The molecule has 8 rings (SSSR count). The molecular formula is C42H24Li5N9O12S5. The molecule has 0 unspecified atom stereocenters. The molecule has 0 bridgehead atoms. The summed E-state index contributed by atoms with van der Waals surface area (Å²) in [6, 6.07) is 30.2. The van der Waals surface area contributed by atoms with Crippen molar-refractivity contribution in [2.45, 2.75) is 26.5 Å². The number of anilines is 4. The molecule has 2 heterocycles. The summed E-state index contributed by atoms with van der Waals surface area (Å²) in [5.41, 5.74) is 0.849. The van der Waals surface area contributed by atoms with E-state index < -0.39 is 65.4 Å². The average molecular weight is 1040 g/mol. The second-order valence-corrected chi connectivity index (χ2v) is 20.6. The molecule has 0 amide bonds. The third-order valence-corrected chi connectivity index (χ3v) is 14.1. The minimum Gasteiger partial charge on any atom is -0.754 e. The fourth-order valence-corrected chi connectivity index (χ4v) is 9.69. The second kappa shape index (κ2) is 24.9. The van der Waals surface area contributed by atoms with Gasteiger partial charge >= 0.3 is 94.3 Å². The van der Waals surface area contributed by atoms with E-state index in [2.05, 4.69) is 47.1 Å². The molecule has 0 radical (unpaired) electrons. The van der Waals surface area contributed by atoms with E-state index in [4.69, 9.17) is 0 Å². The van der Waals surface area contributed by atoms with Crippen molar-refractivity contribution >= 4 is 118 Å². The number of nitrogens with zero attached hydrogens (tertiary/aromatic N) is 7. The largest absolute Gasteiger partial charge is 1.00 e. The molecule has 0 fully saturated rings. The fourth-order valence-electron chi connectivity index (χ4n) is 6.66. The van der Waals surface area contributed by atoms with Gasteiger partial charge in [0, 0.05) is 27.4 Å². The van der Waals surface area contributed by atoms with Crippen LogP contribution in [0.5, 0.6) is 0 Å². The van der Waals surface area contributed by atoms with Gasteiger partial charge in [-0.25, -0.2) is 35.2 Å². The Labute approximate surface area is 481 Å². The summed E-state index contributed by atoms with van der Waals surface area (Å²) in [5.74, 6) is -0.147. The quantitative estimate of drug-likeness (QED) is 0.0469. The number of hydrogen-bond acceptors (Lipinski definition) is 22. The molecule has 344 valence electrons. The first kappa shape index (κ1) is 62.8. The number of rotatable bonds is 13. The monoisotopic (exact) mass is 1040 g/mol. The average Bonchev–Trinajstić information content (AvgIpc) is 3.69. The van der Waals surface area contributed by atoms with E-state index in [0.29, 0.717) is 5.56 Å². The van der Waals surface area contributed by atoms with Gasteiger partial charge < -0.3 is 28.8 Å². The molecule has 31 heteroatoms. The van der Waals surface area contributed by atoms with E-state index in [-0.39, 0.29) is 161 Å². The molecule has 0 saturated carbocycles. The molecule has 8 aromatic rings. The molecule has 73 heavy (non-hydrogen) atoms. The number of benzene rings is 6. The Morgan fingerprint density at radius 2 is 1.15 bits per heavy atom. The first-order valence-electron chi connectivity index (χ1n) is 18.9. The van der Waals surface area contributed by atoms with Crippen LogP contribution in [0, 0.1) is 24.3 Å². The Hall–Kier alpha value is -4.46. The summed E-state index contributed by atoms with van der Waals surface area (Å²) in [5, 5.41) is 34.3. The summed E-state index contributed by atoms with van der Waals surface area (Å²) in [6.45, 7) is 1.51. The van der Waals surface area contributed by atoms with Crippen molar-refractivity contribution < 1.29 is 146 Å². The molecule has 2 N–H and O–H groups in total. The first-order valence-corrected chi connectivity index (χ1v) is 25.4. The van der Waals surface area contributed by atoms with Crippen LogP contribution < -0.4 is 105 Å². The SMILES string of the molecule is Cc1c(C#N)c(Nc2ccc(S(=O)(=O)[O-])cc2)nc(Nc2ccc(S(=O)(=O)[O-])cc2)c1N=Nc1nc(-c2ccc3ccccc3c2)c(N=Nc2cc(S(=O)(=O)[O-])c3c[c-]cc(S(=O)(=O)[O-])c3c2)s1.[Li+].[Li+].[Li+].[Li+].[Li+]. The van der Waals surface area contributed by atoms with Crippen LogP contribution in [0.2, 0.25) is 0 Å². The van der Waals surface area contributed by atoms with Crippen molar-refractivity contribution in [1.29, 1.82) is 5.26 Å². The number of azo groups is 2. The predicted octanol–water partition coefficient (Wildman–Crippen LogP) is -6.55. The van der Waals surface area contributed by atoms with Crippen molar-refractivity contribution in [3.8, 4) is 17.3 Å².